The molecule has 0 radical (unpaired) electrons. The average molecular weight is 247 g/mol. The predicted molar refractivity (Wildman–Crippen MR) is 74.5 cm³/mol. The molecule has 4 nitrogen and oxygen atoms in total. The Balaban J connectivity index is 2.01. The lowest BCUT2D eigenvalue weighted by atomic mass is 10.2. The smallest absolute Gasteiger partial charge is 0.244 e. The second-order valence-electron chi connectivity index (χ2n) is 5.03. The van der Waals surface area contributed by atoms with Gasteiger partial charge in [0.15, 0.2) is 0 Å². The van der Waals surface area contributed by atoms with Crippen molar-refractivity contribution >= 4 is 17.3 Å². The zero-order chi connectivity index (χ0) is 13.1. The van der Waals surface area contributed by atoms with Crippen molar-refractivity contribution in [2.45, 2.75) is 32.7 Å². The van der Waals surface area contributed by atoms with Crippen LogP contribution in [0.4, 0.5) is 11.4 Å². The van der Waals surface area contributed by atoms with E-state index in [4.69, 9.17) is 5.73 Å². The summed E-state index contributed by atoms with van der Waals surface area (Å²) in [6, 6.07) is 5.58. The Labute approximate surface area is 108 Å². The number of nitrogens with two attached hydrogens (primary N) is 1. The first kappa shape index (κ1) is 12.7. The molecule has 1 atom stereocenters. The molecule has 1 fully saturated rings. The number of anilines is 2. The number of hydrogen-bond donors (Lipinski definition) is 2. The third-order valence-corrected chi connectivity index (χ3v) is 3.27. The number of carbonyl (C=O) groups is 1. The second-order valence-corrected chi connectivity index (χ2v) is 5.03. The van der Waals surface area contributed by atoms with E-state index in [2.05, 4.69) is 5.32 Å². The monoisotopic (exact) mass is 247 g/mol. The van der Waals surface area contributed by atoms with Crippen molar-refractivity contribution < 1.29 is 4.79 Å². The fourth-order valence-electron chi connectivity index (χ4n) is 2.42. The first-order valence-electron chi connectivity index (χ1n) is 6.49. The Bertz CT molecular complexity index is 418. The molecular formula is C14H21N3O. The Morgan fingerprint density at radius 2 is 2.00 bits per heavy atom. The Morgan fingerprint density at radius 1 is 1.33 bits per heavy atom. The maximum Gasteiger partial charge on any atom is 0.244 e. The Morgan fingerprint density at radius 3 is 2.61 bits per heavy atom. The molecule has 0 spiro atoms. The van der Waals surface area contributed by atoms with Crippen LogP contribution in [0.3, 0.4) is 0 Å². The van der Waals surface area contributed by atoms with Gasteiger partial charge in [-0.2, -0.15) is 0 Å². The topological polar surface area (TPSA) is 58.4 Å². The molecule has 1 aromatic rings. The molecule has 1 heterocycles. The van der Waals surface area contributed by atoms with Crippen LogP contribution in [0, 0.1) is 6.92 Å². The SMILES string of the molecule is Cc1cc(N)cc(NC(C)C(=O)N2CCCC2)c1. The zero-order valence-corrected chi connectivity index (χ0v) is 11.1. The molecule has 0 saturated carbocycles. The van der Waals surface area contributed by atoms with Crippen molar-refractivity contribution in [3.8, 4) is 0 Å². The number of aryl methyl sites for hydroxylation is 1. The van der Waals surface area contributed by atoms with Crippen molar-refractivity contribution in [1.29, 1.82) is 0 Å². The normalized spacial score (nSPS) is 16.7. The van der Waals surface area contributed by atoms with Gasteiger partial charge in [0.1, 0.15) is 6.04 Å². The number of nitrogen functional groups attached to an aromatic ring is 1. The van der Waals surface area contributed by atoms with Gasteiger partial charge in [0.05, 0.1) is 0 Å². The van der Waals surface area contributed by atoms with Gasteiger partial charge in [0.25, 0.3) is 0 Å². The molecule has 0 aliphatic carbocycles. The molecule has 3 N–H and O–H groups in total. The van der Waals surface area contributed by atoms with Crippen LogP contribution in [0.5, 0.6) is 0 Å². The summed E-state index contributed by atoms with van der Waals surface area (Å²) in [6.45, 7) is 5.68. The van der Waals surface area contributed by atoms with E-state index in [1.807, 2.05) is 36.9 Å². The minimum atomic E-state index is -0.204. The van der Waals surface area contributed by atoms with Crippen LogP contribution in [0.15, 0.2) is 18.2 Å². The van der Waals surface area contributed by atoms with E-state index in [9.17, 15) is 4.79 Å². The third kappa shape index (κ3) is 2.94. The summed E-state index contributed by atoms with van der Waals surface area (Å²) in [7, 11) is 0. The number of rotatable bonds is 3. The highest BCUT2D eigenvalue weighted by molar-refractivity contribution is 5.84. The molecule has 0 aromatic heterocycles. The fourth-order valence-corrected chi connectivity index (χ4v) is 2.42. The zero-order valence-electron chi connectivity index (χ0n) is 11.1. The second kappa shape index (κ2) is 5.29. The van der Waals surface area contributed by atoms with Crippen molar-refractivity contribution in [2.75, 3.05) is 24.1 Å². The van der Waals surface area contributed by atoms with E-state index >= 15 is 0 Å². The molecular weight excluding hydrogens is 226 g/mol. The minimum Gasteiger partial charge on any atom is -0.399 e. The van der Waals surface area contributed by atoms with Gasteiger partial charge in [0.2, 0.25) is 5.91 Å². The maximum atomic E-state index is 12.2. The van der Waals surface area contributed by atoms with Crippen LogP contribution in [-0.4, -0.2) is 29.9 Å². The molecule has 98 valence electrons. The van der Waals surface area contributed by atoms with E-state index in [-0.39, 0.29) is 11.9 Å². The van der Waals surface area contributed by atoms with Crippen LogP contribution in [0.1, 0.15) is 25.3 Å². The lowest BCUT2D eigenvalue weighted by molar-refractivity contribution is -0.130. The van der Waals surface area contributed by atoms with Gasteiger partial charge in [-0.3, -0.25) is 4.79 Å². The summed E-state index contributed by atoms with van der Waals surface area (Å²) in [5, 5.41) is 3.23. The van der Waals surface area contributed by atoms with E-state index < -0.39 is 0 Å². The molecule has 0 bridgehead atoms. The fraction of sp³-hybridized carbons (Fsp3) is 0.500. The highest BCUT2D eigenvalue weighted by atomic mass is 16.2. The summed E-state index contributed by atoms with van der Waals surface area (Å²) in [5.41, 5.74) is 8.52. The van der Waals surface area contributed by atoms with E-state index in [0.29, 0.717) is 0 Å². The summed E-state index contributed by atoms with van der Waals surface area (Å²) in [6.07, 6.45) is 2.24. The number of likely N-dealkylation sites (tertiary alicyclic amines) is 1. The third-order valence-electron chi connectivity index (χ3n) is 3.27. The van der Waals surface area contributed by atoms with Gasteiger partial charge in [-0.05, 0) is 50.5 Å². The molecule has 18 heavy (non-hydrogen) atoms. The quantitative estimate of drug-likeness (QED) is 0.803. The maximum absolute atomic E-state index is 12.2. The first-order valence-corrected chi connectivity index (χ1v) is 6.49. The molecule has 1 amide bonds. The molecule has 1 aromatic carbocycles. The summed E-state index contributed by atoms with van der Waals surface area (Å²) < 4.78 is 0. The van der Waals surface area contributed by atoms with Crippen LogP contribution in [0.25, 0.3) is 0 Å². The van der Waals surface area contributed by atoms with Crippen LogP contribution in [0.2, 0.25) is 0 Å². The van der Waals surface area contributed by atoms with Crippen molar-refractivity contribution in [1.82, 2.24) is 4.90 Å². The number of benzene rings is 1. The summed E-state index contributed by atoms with van der Waals surface area (Å²) in [4.78, 5) is 14.1. The first-order chi connectivity index (χ1) is 8.56. The Kier molecular flexibility index (Phi) is 3.75. The van der Waals surface area contributed by atoms with Crippen LogP contribution in [-0.2, 0) is 4.79 Å². The van der Waals surface area contributed by atoms with Gasteiger partial charge < -0.3 is 16.0 Å². The highest BCUT2D eigenvalue weighted by Crippen LogP contribution is 2.18. The van der Waals surface area contributed by atoms with Crippen LogP contribution >= 0.6 is 0 Å². The summed E-state index contributed by atoms with van der Waals surface area (Å²) >= 11 is 0. The van der Waals surface area contributed by atoms with Crippen LogP contribution < -0.4 is 11.1 Å². The van der Waals surface area contributed by atoms with Crippen molar-refractivity contribution in [3.05, 3.63) is 23.8 Å². The highest BCUT2D eigenvalue weighted by Gasteiger charge is 2.22. The average Bonchev–Trinajstić information content (AvgIpc) is 2.79. The van der Waals surface area contributed by atoms with Crippen molar-refractivity contribution in [3.63, 3.8) is 0 Å². The lowest BCUT2D eigenvalue weighted by Crippen LogP contribution is -2.39. The number of nitrogens with one attached hydrogen (secondary N) is 1. The molecule has 1 unspecified atom stereocenters. The van der Waals surface area contributed by atoms with Crippen molar-refractivity contribution in [2.24, 2.45) is 0 Å². The lowest BCUT2D eigenvalue weighted by Gasteiger charge is -2.22. The predicted octanol–water partition coefficient (Wildman–Crippen LogP) is 2.00. The molecule has 1 aliphatic heterocycles. The Hall–Kier alpha value is -1.71. The molecule has 4 heteroatoms. The van der Waals surface area contributed by atoms with Gasteiger partial charge in [0, 0.05) is 24.5 Å². The standard InChI is InChI=1S/C14H21N3O/c1-10-7-12(15)9-13(8-10)16-11(2)14(18)17-5-3-4-6-17/h7-9,11,16H,3-6,15H2,1-2H3. The van der Waals surface area contributed by atoms with Gasteiger partial charge in [-0.15, -0.1) is 0 Å². The number of nitrogens with zero attached hydrogens (tertiary/aromatic N) is 1. The minimum absolute atomic E-state index is 0.174. The van der Waals surface area contributed by atoms with E-state index in [1.165, 1.54) is 0 Å². The van der Waals surface area contributed by atoms with Gasteiger partial charge >= 0.3 is 0 Å². The number of carbonyl (C=O) groups excluding carboxylic acids is 1. The molecule has 1 aliphatic rings. The number of amides is 1. The molecule has 1 saturated heterocycles. The molecule has 2 rings (SSSR count). The number of hydrogen-bond acceptors (Lipinski definition) is 3. The largest absolute Gasteiger partial charge is 0.399 e. The van der Waals surface area contributed by atoms with Gasteiger partial charge in [-0.1, -0.05) is 0 Å². The van der Waals surface area contributed by atoms with E-state index in [0.717, 1.165) is 42.9 Å². The van der Waals surface area contributed by atoms with Gasteiger partial charge in [-0.25, -0.2) is 0 Å². The summed E-state index contributed by atoms with van der Waals surface area (Å²) in [5.74, 6) is 0.174. The van der Waals surface area contributed by atoms with E-state index in [1.54, 1.807) is 0 Å².